The summed E-state index contributed by atoms with van der Waals surface area (Å²) in [6, 6.07) is 9.94. The molecule has 0 saturated heterocycles. The molecule has 0 aliphatic heterocycles. The Morgan fingerprint density at radius 2 is 2.16 bits per heavy atom. The Morgan fingerprint density at radius 3 is 2.79 bits per heavy atom. The number of hydrogen-bond acceptors (Lipinski definition) is 3. The molecule has 0 bridgehead atoms. The molecule has 2 N–H and O–H groups in total. The number of halogens is 2. The minimum atomic E-state index is 0.0807. The predicted molar refractivity (Wildman–Crippen MR) is 84.9 cm³/mol. The van der Waals surface area contributed by atoms with E-state index in [9.17, 15) is 0 Å². The lowest BCUT2D eigenvalue weighted by Gasteiger charge is -2.12. The summed E-state index contributed by atoms with van der Waals surface area (Å²) in [5, 5.41) is 1.70. The van der Waals surface area contributed by atoms with E-state index in [1.165, 1.54) is 0 Å². The third-order valence-corrected chi connectivity index (χ3v) is 4.39. The molecule has 0 fully saturated rings. The summed E-state index contributed by atoms with van der Waals surface area (Å²) in [4.78, 5) is 5.48. The lowest BCUT2D eigenvalue weighted by Crippen LogP contribution is -2.18. The Kier molecular flexibility index (Phi) is 5.28. The van der Waals surface area contributed by atoms with E-state index in [2.05, 4.69) is 27.0 Å². The summed E-state index contributed by atoms with van der Waals surface area (Å²) in [5.41, 5.74) is 6.98. The number of hydrogen-bond donors (Lipinski definition) is 1. The van der Waals surface area contributed by atoms with Crippen molar-refractivity contribution >= 4 is 39.3 Å². The SMILES string of the molecule is CC(N)Cc1c(Cl)cccc1Sc1ccc(Br)cn1. The zero-order chi connectivity index (χ0) is 13.8. The molecule has 1 heterocycles. The number of pyridine rings is 1. The molecule has 0 saturated carbocycles. The summed E-state index contributed by atoms with van der Waals surface area (Å²) in [6.45, 7) is 1.98. The minimum absolute atomic E-state index is 0.0807. The van der Waals surface area contributed by atoms with E-state index >= 15 is 0 Å². The van der Waals surface area contributed by atoms with Gasteiger partial charge in [-0.3, -0.25) is 0 Å². The highest BCUT2D eigenvalue weighted by atomic mass is 79.9. The van der Waals surface area contributed by atoms with Crippen LogP contribution in [-0.4, -0.2) is 11.0 Å². The molecular formula is C14H14BrClN2S. The van der Waals surface area contributed by atoms with E-state index < -0.39 is 0 Å². The van der Waals surface area contributed by atoms with E-state index in [0.29, 0.717) is 0 Å². The van der Waals surface area contributed by atoms with Crippen molar-refractivity contribution in [1.82, 2.24) is 4.98 Å². The van der Waals surface area contributed by atoms with Crippen LogP contribution in [0.3, 0.4) is 0 Å². The van der Waals surface area contributed by atoms with Crippen LogP contribution in [0.2, 0.25) is 5.02 Å². The van der Waals surface area contributed by atoms with Crippen LogP contribution in [0.25, 0.3) is 0 Å². The van der Waals surface area contributed by atoms with Gasteiger partial charge in [-0.05, 0) is 59.1 Å². The van der Waals surface area contributed by atoms with Crippen LogP contribution in [0, 0.1) is 0 Å². The molecule has 0 amide bonds. The van der Waals surface area contributed by atoms with Gasteiger partial charge in [0.15, 0.2) is 0 Å². The largest absolute Gasteiger partial charge is 0.328 e. The smallest absolute Gasteiger partial charge is 0.101 e. The zero-order valence-electron chi connectivity index (χ0n) is 10.4. The molecule has 19 heavy (non-hydrogen) atoms. The molecule has 2 nitrogen and oxygen atoms in total. The number of aromatic nitrogens is 1. The standard InChI is InChI=1S/C14H14BrClN2S/c1-9(17)7-11-12(16)3-2-4-13(11)19-14-6-5-10(15)8-18-14/h2-6,8-9H,7,17H2,1H3. The van der Waals surface area contributed by atoms with E-state index in [0.717, 1.165) is 31.4 Å². The Labute approximate surface area is 130 Å². The predicted octanol–water partition coefficient (Wildman–Crippen LogP) is 4.54. The van der Waals surface area contributed by atoms with Gasteiger partial charge in [0.1, 0.15) is 5.03 Å². The van der Waals surface area contributed by atoms with Crippen LogP contribution >= 0.6 is 39.3 Å². The maximum atomic E-state index is 6.27. The maximum Gasteiger partial charge on any atom is 0.101 e. The first-order valence-electron chi connectivity index (χ1n) is 5.88. The van der Waals surface area contributed by atoms with Gasteiger partial charge in [-0.1, -0.05) is 29.4 Å². The first kappa shape index (κ1) is 14.9. The molecule has 1 unspecified atom stereocenters. The van der Waals surface area contributed by atoms with Crippen molar-refractivity contribution in [2.24, 2.45) is 5.73 Å². The van der Waals surface area contributed by atoms with Crippen molar-refractivity contribution < 1.29 is 0 Å². The molecule has 1 atom stereocenters. The summed E-state index contributed by atoms with van der Waals surface area (Å²) in [7, 11) is 0. The molecular weight excluding hydrogens is 344 g/mol. The summed E-state index contributed by atoms with van der Waals surface area (Å²) >= 11 is 11.3. The average Bonchev–Trinajstić information content (AvgIpc) is 2.36. The van der Waals surface area contributed by atoms with Gasteiger partial charge < -0.3 is 5.73 Å². The highest BCUT2D eigenvalue weighted by Gasteiger charge is 2.11. The highest BCUT2D eigenvalue weighted by Crippen LogP contribution is 2.33. The number of rotatable bonds is 4. The lowest BCUT2D eigenvalue weighted by atomic mass is 10.1. The zero-order valence-corrected chi connectivity index (χ0v) is 13.6. The monoisotopic (exact) mass is 356 g/mol. The fraction of sp³-hybridized carbons (Fsp3) is 0.214. The van der Waals surface area contributed by atoms with Crippen LogP contribution in [0.15, 0.2) is 50.9 Å². The Hall–Kier alpha value is -0.550. The second-order valence-electron chi connectivity index (χ2n) is 4.31. The van der Waals surface area contributed by atoms with Gasteiger partial charge in [0.2, 0.25) is 0 Å². The topological polar surface area (TPSA) is 38.9 Å². The molecule has 5 heteroatoms. The van der Waals surface area contributed by atoms with E-state index in [1.807, 2.05) is 31.2 Å². The quantitative estimate of drug-likeness (QED) is 0.873. The van der Waals surface area contributed by atoms with Crippen LogP contribution in [-0.2, 0) is 6.42 Å². The molecule has 1 aromatic carbocycles. The van der Waals surface area contributed by atoms with Crippen molar-refractivity contribution in [3.8, 4) is 0 Å². The van der Waals surface area contributed by atoms with E-state index in [1.54, 1.807) is 18.0 Å². The van der Waals surface area contributed by atoms with Crippen molar-refractivity contribution in [2.75, 3.05) is 0 Å². The highest BCUT2D eigenvalue weighted by molar-refractivity contribution is 9.10. The number of benzene rings is 1. The van der Waals surface area contributed by atoms with Crippen LogP contribution in [0.5, 0.6) is 0 Å². The van der Waals surface area contributed by atoms with Crippen LogP contribution in [0.1, 0.15) is 12.5 Å². The normalized spacial score (nSPS) is 12.4. The van der Waals surface area contributed by atoms with Crippen LogP contribution in [0.4, 0.5) is 0 Å². The second-order valence-corrected chi connectivity index (χ2v) is 6.70. The third-order valence-electron chi connectivity index (χ3n) is 2.52. The van der Waals surface area contributed by atoms with Gasteiger partial charge in [-0.2, -0.15) is 0 Å². The van der Waals surface area contributed by atoms with Gasteiger partial charge in [0, 0.05) is 26.6 Å². The molecule has 0 radical (unpaired) electrons. The fourth-order valence-corrected chi connectivity index (χ4v) is 3.16. The van der Waals surface area contributed by atoms with Gasteiger partial charge in [0.05, 0.1) is 0 Å². The van der Waals surface area contributed by atoms with Crippen molar-refractivity contribution in [3.63, 3.8) is 0 Å². The Balaban J connectivity index is 2.29. The summed E-state index contributed by atoms with van der Waals surface area (Å²) in [6.07, 6.45) is 2.55. The number of nitrogens with zero attached hydrogens (tertiary/aromatic N) is 1. The molecule has 1 aromatic heterocycles. The van der Waals surface area contributed by atoms with Gasteiger partial charge in [-0.25, -0.2) is 4.98 Å². The minimum Gasteiger partial charge on any atom is -0.328 e. The molecule has 2 rings (SSSR count). The summed E-state index contributed by atoms with van der Waals surface area (Å²) in [5.74, 6) is 0. The maximum absolute atomic E-state index is 6.27. The summed E-state index contributed by atoms with van der Waals surface area (Å²) < 4.78 is 0.971. The lowest BCUT2D eigenvalue weighted by molar-refractivity contribution is 0.729. The van der Waals surface area contributed by atoms with Crippen molar-refractivity contribution in [3.05, 3.63) is 51.6 Å². The molecule has 0 aliphatic rings. The van der Waals surface area contributed by atoms with Crippen LogP contribution < -0.4 is 5.73 Å². The Bertz CT molecular complexity index is 558. The fourth-order valence-electron chi connectivity index (χ4n) is 1.69. The van der Waals surface area contributed by atoms with Gasteiger partial charge in [-0.15, -0.1) is 0 Å². The van der Waals surface area contributed by atoms with Gasteiger partial charge >= 0.3 is 0 Å². The van der Waals surface area contributed by atoms with Crippen molar-refractivity contribution in [1.29, 1.82) is 0 Å². The van der Waals surface area contributed by atoms with Crippen molar-refractivity contribution in [2.45, 2.75) is 29.3 Å². The van der Waals surface area contributed by atoms with E-state index in [4.69, 9.17) is 17.3 Å². The van der Waals surface area contributed by atoms with E-state index in [-0.39, 0.29) is 6.04 Å². The molecule has 0 spiro atoms. The number of nitrogens with two attached hydrogens (primary N) is 1. The second kappa shape index (κ2) is 6.75. The third kappa shape index (κ3) is 4.21. The average molecular weight is 358 g/mol. The molecule has 0 aliphatic carbocycles. The first-order valence-corrected chi connectivity index (χ1v) is 7.87. The first-order chi connectivity index (χ1) is 9.06. The molecule has 2 aromatic rings. The Morgan fingerprint density at radius 1 is 1.37 bits per heavy atom. The molecule has 100 valence electrons. The van der Waals surface area contributed by atoms with Gasteiger partial charge in [0.25, 0.3) is 0 Å².